The Kier molecular flexibility index (Phi) is 5.30. The quantitative estimate of drug-likeness (QED) is 0.625. The first-order valence-electron chi connectivity index (χ1n) is 9.15. The minimum absolute atomic E-state index is 0.00736. The number of methoxy groups -OCH3 is 1. The SMILES string of the molecule is COCCn1c([C@@H]2CCN(C(=O)c3ccc(C(F)(F)F)s3)C2)nc2cccnc21. The van der Waals surface area contributed by atoms with Crippen LogP contribution in [0, 0.1) is 0 Å². The van der Waals surface area contributed by atoms with E-state index in [-0.39, 0.29) is 16.7 Å². The smallest absolute Gasteiger partial charge is 0.383 e. The van der Waals surface area contributed by atoms with Crippen molar-refractivity contribution < 1.29 is 22.7 Å². The maximum absolute atomic E-state index is 12.8. The van der Waals surface area contributed by atoms with E-state index in [1.54, 1.807) is 18.2 Å². The summed E-state index contributed by atoms with van der Waals surface area (Å²) in [4.78, 5) is 22.8. The Morgan fingerprint density at radius 3 is 2.90 bits per heavy atom. The zero-order valence-electron chi connectivity index (χ0n) is 15.6. The summed E-state index contributed by atoms with van der Waals surface area (Å²) in [5, 5.41) is 0. The van der Waals surface area contributed by atoms with Crippen LogP contribution >= 0.6 is 11.3 Å². The Morgan fingerprint density at radius 2 is 2.17 bits per heavy atom. The molecule has 1 aliphatic rings. The molecule has 3 aromatic heterocycles. The number of alkyl halides is 3. The van der Waals surface area contributed by atoms with Crippen LogP contribution in [-0.4, -0.2) is 52.1 Å². The lowest BCUT2D eigenvalue weighted by Gasteiger charge is -2.16. The third-order valence-electron chi connectivity index (χ3n) is 4.99. The van der Waals surface area contributed by atoms with Gasteiger partial charge in [-0.2, -0.15) is 13.2 Å². The standard InChI is InChI=1S/C19H19F3N4O2S/c1-28-10-9-26-16(24-13-3-2-7-23-17(13)26)12-6-8-25(11-12)18(27)14-4-5-15(29-14)19(20,21)22/h2-5,7,12H,6,8-11H2,1H3/t12-/m1/s1. The van der Waals surface area contributed by atoms with Gasteiger partial charge in [-0.25, -0.2) is 9.97 Å². The molecular weight excluding hydrogens is 405 g/mol. The molecule has 29 heavy (non-hydrogen) atoms. The van der Waals surface area contributed by atoms with Crippen molar-refractivity contribution in [3.05, 3.63) is 46.0 Å². The lowest BCUT2D eigenvalue weighted by molar-refractivity contribution is -0.134. The number of thiophene rings is 1. The molecule has 1 fully saturated rings. The number of amides is 1. The second-order valence-corrected chi connectivity index (χ2v) is 7.94. The van der Waals surface area contributed by atoms with Crippen molar-refractivity contribution in [2.75, 3.05) is 26.8 Å². The van der Waals surface area contributed by atoms with E-state index in [2.05, 4.69) is 4.98 Å². The number of halogens is 3. The average Bonchev–Trinajstić information content (AvgIpc) is 3.43. The van der Waals surface area contributed by atoms with Gasteiger partial charge in [-0.15, -0.1) is 11.3 Å². The molecule has 1 atom stereocenters. The van der Waals surface area contributed by atoms with Gasteiger partial charge in [-0.05, 0) is 30.7 Å². The molecule has 4 rings (SSSR count). The van der Waals surface area contributed by atoms with Crippen LogP contribution in [0.4, 0.5) is 13.2 Å². The predicted molar refractivity (Wildman–Crippen MR) is 102 cm³/mol. The third-order valence-corrected chi connectivity index (χ3v) is 6.11. The predicted octanol–water partition coefficient (Wildman–Crippen LogP) is 3.79. The van der Waals surface area contributed by atoms with Crippen molar-refractivity contribution in [1.82, 2.24) is 19.4 Å². The molecular formula is C19H19F3N4O2S. The number of hydrogen-bond donors (Lipinski definition) is 0. The number of rotatable bonds is 5. The Bertz CT molecular complexity index is 1030. The van der Waals surface area contributed by atoms with E-state index in [9.17, 15) is 18.0 Å². The minimum atomic E-state index is -4.43. The van der Waals surface area contributed by atoms with Crippen LogP contribution in [-0.2, 0) is 17.5 Å². The summed E-state index contributed by atoms with van der Waals surface area (Å²) in [6.07, 6.45) is -2.04. The van der Waals surface area contributed by atoms with Crippen LogP contribution in [0.1, 0.15) is 32.7 Å². The van der Waals surface area contributed by atoms with E-state index in [1.807, 2.05) is 16.7 Å². The maximum atomic E-state index is 12.8. The maximum Gasteiger partial charge on any atom is 0.425 e. The molecule has 0 saturated carbocycles. The van der Waals surface area contributed by atoms with Gasteiger partial charge < -0.3 is 14.2 Å². The normalized spacial score (nSPS) is 17.4. The molecule has 0 aromatic carbocycles. The molecule has 0 unspecified atom stereocenters. The van der Waals surface area contributed by atoms with E-state index in [1.165, 1.54) is 6.07 Å². The highest BCUT2D eigenvalue weighted by Gasteiger charge is 2.35. The number of aromatic nitrogens is 3. The Labute approximate surface area is 168 Å². The van der Waals surface area contributed by atoms with Crippen LogP contribution in [0.15, 0.2) is 30.5 Å². The molecule has 1 aliphatic heterocycles. The van der Waals surface area contributed by atoms with E-state index in [4.69, 9.17) is 9.72 Å². The first kappa shape index (κ1) is 19.8. The number of ether oxygens (including phenoxy) is 1. The van der Waals surface area contributed by atoms with Gasteiger partial charge in [-0.1, -0.05) is 0 Å². The molecule has 3 aromatic rings. The molecule has 0 aliphatic carbocycles. The lowest BCUT2D eigenvalue weighted by Crippen LogP contribution is -2.28. The molecule has 4 heterocycles. The van der Waals surface area contributed by atoms with Crippen molar-refractivity contribution in [2.45, 2.75) is 25.1 Å². The molecule has 0 N–H and O–H groups in total. The van der Waals surface area contributed by atoms with Crippen LogP contribution in [0.25, 0.3) is 11.2 Å². The fourth-order valence-electron chi connectivity index (χ4n) is 3.61. The number of nitrogens with zero attached hydrogens (tertiary/aromatic N) is 4. The summed E-state index contributed by atoms with van der Waals surface area (Å²) >= 11 is 0.486. The number of carbonyl (C=O) groups excluding carboxylic acids is 1. The molecule has 1 saturated heterocycles. The number of pyridine rings is 1. The summed E-state index contributed by atoms with van der Waals surface area (Å²) in [6.45, 7) is 1.97. The first-order chi connectivity index (χ1) is 13.9. The van der Waals surface area contributed by atoms with Gasteiger partial charge in [0.25, 0.3) is 5.91 Å². The summed E-state index contributed by atoms with van der Waals surface area (Å²) in [6, 6.07) is 5.92. The number of hydrogen-bond acceptors (Lipinski definition) is 5. The van der Waals surface area contributed by atoms with Crippen LogP contribution < -0.4 is 0 Å². The molecule has 1 amide bonds. The highest BCUT2D eigenvalue weighted by atomic mass is 32.1. The molecule has 6 nitrogen and oxygen atoms in total. The van der Waals surface area contributed by atoms with Gasteiger partial charge in [0, 0.05) is 38.9 Å². The van der Waals surface area contributed by atoms with Gasteiger partial charge in [-0.3, -0.25) is 4.79 Å². The van der Waals surface area contributed by atoms with E-state index in [0.29, 0.717) is 44.0 Å². The van der Waals surface area contributed by atoms with Gasteiger partial charge in [0.05, 0.1) is 11.5 Å². The summed E-state index contributed by atoms with van der Waals surface area (Å²) in [5.41, 5.74) is 1.54. The van der Waals surface area contributed by atoms with Crippen molar-refractivity contribution >= 4 is 28.4 Å². The summed E-state index contributed by atoms with van der Waals surface area (Å²) in [5.74, 6) is 0.450. The van der Waals surface area contributed by atoms with Crippen LogP contribution in [0.2, 0.25) is 0 Å². The second-order valence-electron chi connectivity index (χ2n) is 6.86. The van der Waals surface area contributed by atoms with Crippen LogP contribution in [0.5, 0.6) is 0 Å². The molecule has 0 radical (unpaired) electrons. The average molecular weight is 424 g/mol. The summed E-state index contributed by atoms with van der Waals surface area (Å²) < 4.78 is 45.7. The van der Waals surface area contributed by atoms with Crippen molar-refractivity contribution in [2.24, 2.45) is 0 Å². The Hall–Kier alpha value is -2.46. The van der Waals surface area contributed by atoms with Crippen molar-refractivity contribution in [3.8, 4) is 0 Å². The number of likely N-dealkylation sites (tertiary alicyclic amines) is 1. The number of imidazole rings is 1. The van der Waals surface area contributed by atoms with E-state index < -0.39 is 11.1 Å². The molecule has 10 heteroatoms. The third kappa shape index (κ3) is 3.86. The van der Waals surface area contributed by atoms with E-state index >= 15 is 0 Å². The van der Waals surface area contributed by atoms with Gasteiger partial charge in [0.1, 0.15) is 16.2 Å². The van der Waals surface area contributed by atoms with E-state index in [0.717, 1.165) is 23.1 Å². The number of fused-ring (bicyclic) bond motifs is 1. The number of carbonyl (C=O) groups is 1. The summed E-state index contributed by atoms with van der Waals surface area (Å²) in [7, 11) is 1.62. The molecule has 0 spiro atoms. The Balaban J connectivity index is 1.55. The highest BCUT2D eigenvalue weighted by Crippen LogP contribution is 2.36. The zero-order chi connectivity index (χ0) is 20.6. The Morgan fingerprint density at radius 1 is 1.34 bits per heavy atom. The second kappa shape index (κ2) is 7.75. The van der Waals surface area contributed by atoms with Crippen molar-refractivity contribution in [3.63, 3.8) is 0 Å². The van der Waals surface area contributed by atoms with Crippen molar-refractivity contribution in [1.29, 1.82) is 0 Å². The van der Waals surface area contributed by atoms with Gasteiger partial charge >= 0.3 is 6.18 Å². The molecule has 154 valence electrons. The lowest BCUT2D eigenvalue weighted by atomic mass is 10.1. The largest absolute Gasteiger partial charge is 0.425 e. The van der Waals surface area contributed by atoms with Crippen LogP contribution in [0.3, 0.4) is 0 Å². The van der Waals surface area contributed by atoms with Gasteiger partial charge in [0.15, 0.2) is 5.65 Å². The highest BCUT2D eigenvalue weighted by molar-refractivity contribution is 7.14. The topological polar surface area (TPSA) is 60.2 Å². The fraction of sp³-hybridized carbons (Fsp3) is 0.421. The molecule has 0 bridgehead atoms. The fourth-order valence-corrected chi connectivity index (χ4v) is 4.45. The monoisotopic (exact) mass is 424 g/mol. The zero-order valence-corrected chi connectivity index (χ0v) is 16.5. The minimum Gasteiger partial charge on any atom is -0.383 e. The van der Waals surface area contributed by atoms with Gasteiger partial charge in [0.2, 0.25) is 0 Å². The first-order valence-corrected chi connectivity index (χ1v) is 9.96.